The minimum atomic E-state index is -0.885. The molecule has 12 nitrogen and oxygen atoms in total. The van der Waals surface area contributed by atoms with E-state index in [1.165, 1.54) is 0 Å². The van der Waals surface area contributed by atoms with Crippen LogP contribution in [0.2, 0.25) is 0 Å². The highest BCUT2D eigenvalue weighted by atomic mass is 16.5. The molecule has 12 heteroatoms. The maximum Gasteiger partial charge on any atom is 0.322 e. The van der Waals surface area contributed by atoms with Gasteiger partial charge in [0.05, 0.1) is 7.11 Å². The van der Waals surface area contributed by atoms with Crippen LogP contribution in [0.4, 0.5) is 4.79 Å². The number of amides is 5. The Kier molecular flexibility index (Phi) is 7.39. The van der Waals surface area contributed by atoms with Gasteiger partial charge >= 0.3 is 6.03 Å². The van der Waals surface area contributed by atoms with Gasteiger partial charge in [-0.3, -0.25) is 19.7 Å². The van der Waals surface area contributed by atoms with Crippen LogP contribution in [-0.2, 0) is 11.3 Å². The van der Waals surface area contributed by atoms with Gasteiger partial charge in [0.1, 0.15) is 22.7 Å². The number of likely N-dealkylation sites (N-methyl/N-ethyl adjacent to an activating group) is 1. The predicted molar refractivity (Wildman–Crippen MR) is 133 cm³/mol. The van der Waals surface area contributed by atoms with E-state index in [9.17, 15) is 19.2 Å². The van der Waals surface area contributed by atoms with Gasteiger partial charge in [-0.05, 0) is 43.9 Å². The van der Waals surface area contributed by atoms with Crippen molar-refractivity contribution in [3.8, 4) is 5.75 Å². The molecule has 3 N–H and O–H groups in total. The quantitative estimate of drug-likeness (QED) is 0.422. The number of urea groups is 1. The Hall–Kier alpha value is -4.45. The van der Waals surface area contributed by atoms with Crippen LogP contribution < -0.4 is 20.7 Å². The number of carbonyl (C=O) groups excluding carboxylic acids is 4. The Morgan fingerprint density at radius 2 is 2.00 bits per heavy atom. The zero-order chi connectivity index (χ0) is 26.7. The van der Waals surface area contributed by atoms with Crippen LogP contribution in [0.1, 0.15) is 38.2 Å². The zero-order valence-electron chi connectivity index (χ0n) is 21.0. The van der Waals surface area contributed by atoms with Crippen molar-refractivity contribution in [1.82, 2.24) is 30.7 Å². The largest absolute Gasteiger partial charge is 0.497 e. The summed E-state index contributed by atoms with van der Waals surface area (Å²) in [6.07, 6.45) is 0. The number of rotatable bonds is 6. The molecule has 0 radical (unpaired) electrons. The van der Waals surface area contributed by atoms with E-state index in [0.717, 1.165) is 23.4 Å². The van der Waals surface area contributed by atoms with Crippen molar-refractivity contribution >= 4 is 34.9 Å². The highest BCUT2D eigenvalue weighted by Gasteiger charge is 2.33. The smallest absolute Gasteiger partial charge is 0.322 e. The SMILES string of the molecule is CN(C)CCNC(=O)c1ccc2oc([C@@H]3NC(=O)NC3=O)cc2n1.COc1ccc2c(c1)C(=O)N(C)C2. The average Bonchev–Trinajstić information content (AvgIpc) is 3.52. The molecule has 4 heterocycles. The summed E-state index contributed by atoms with van der Waals surface area (Å²) >= 11 is 0. The number of carbonyl (C=O) groups is 4. The molecule has 0 aliphatic carbocycles. The summed E-state index contributed by atoms with van der Waals surface area (Å²) < 4.78 is 10.6. The molecule has 0 saturated carbocycles. The van der Waals surface area contributed by atoms with Crippen molar-refractivity contribution in [3.63, 3.8) is 0 Å². The van der Waals surface area contributed by atoms with Crippen LogP contribution in [0.15, 0.2) is 40.8 Å². The second-order valence-corrected chi connectivity index (χ2v) is 8.87. The minimum absolute atomic E-state index is 0.0777. The summed E-state index contributed by atoms with van der Waals surface area (Å²) in [6, 6.07) is 8.86. The monoisotopic (exact) mass is 508 g/mol. The van der Waals surface area contributed by atoms with Gasteiger partial charge in [0.25, 0.3) is 17.7 Å². The molecule has 3 aromatic rings. The number of imide groups is 1. The third kappa shape index (κ3) is 5.70. The third-order valence-corrected chi connectivity index (χ3v) is 5.83. The molecule has 5 rings (SSSR count). The fourth-order valence-electron chi connectivity index (χ4n) is 3.86. The van der Waals surface area contributed by atoms with E-state index in [-0.39, 0.29) is 23.3 Å². The van der Waals surface area contributed by atoms with Crippen LogP contribution in [0.5, 0.6) is 5.75 Å². The van der Waals surface area contributed by atoms with Gasteiger partial charge in [0, 0.05) is 38.3 Å². The van der Waals surface area contributed by atoms with Crippen LogP contribution in [0, 0.1) is 0 Å². The van der Waals surface area contributed by atoms with E-state index in [0.29, 0.717) is 24.2 Å². The molecule has 2 aliphatic rings. The van der Waals surface area contributed by atoms with Gasteiger partial charge in [-0.15, -0.1) is 0 Å². The topological polar surface area (TPSA) is 146 Å². The molecule has 0 bridgehead atoms. The van der Waals surface area contributed by atoms with E-state index < -0.39 is 18.0 Å². The number of pyridine rings is 1. The summed E-state index contributed by atoms with van der Waals surface area (Å²) in [5.74, 6) is 0.316. The van der Waals surface area contributed by atoms with Crippen molar-refractivity contribution in [2.24, 2.45) is 0 Å². The number of hydrogen-bond donors (Lipinski definition) is 3. The van der Waals surface area contributed by atoms with Crippen molar-refractivity contribution in [2.45, 2.75) is 12.6 Å². The van der Waals surface area contributed by atoms with E-state index in [4.69, 9.17) is 9.15 Å². The Bertz CT molecular complexity index is 1370. The van der Waals surface area contributed by atoms with Crippen LogP contribution in [-0.4, -0.2) is 79.9 Å². The first-order chi connectivity index (χ1) is 17.7. The molecule has 2 aliphatic heterocycles. The number of hydrogen-bond acceptors (Lipinski definition) is 8. The number of furan rings is 1. The number of ether oxygens (including phenoxy) is 1. The number of fused-ring (bicyclic) bond motifs is 2. The molecule has 1 atom stereocenters. The van der Waals surface area contributed by atoms with Gasteiger partial charge in [0.2, 0.25) is 0 Å². The highest BCUT2D eigenvalue weighted by molar-refractivity contribution is 6.04. The zero-order valence-corrected chi connectivity index (χ0v) is 21.0. The molecule has 0 unspecified atom stereocenters. The molecule has 194 valence electrons. The maximum atomic E-state index is 12.1. The van der Waals surface area contributed by atoms with Gasteiger partial charge in [0.15, 0.2) is 11.6 Å². The third-order valence-electron chi connectivity index (χ3n) is 5.83. The number of methoxy groups -OCH3 is 1. The Morgan fingerprint density at radius 1 is 1.22 bits per heavy atom. The molecular weight excluding hydrogens is 480 g/mol. The van der Waals surface area contributed by atoms with E-state index in [2.05, 4.69) is 20.9 Å². The van der Waals surface area contributed by atoms with Crippen molar-refractivity contribution in [1.29, 1.82) is 0 Å². The van der Waals surface area contributed by atoms with Crippen LogP contribution >= 0.6 is 0 Å². The van der Waals surface area contributed by atoms with Gasteiger partial charge in [-0.1, -0.05) is 6.07 Å². The number of nitrogens with zero attached hydrogens (tertiary/aromatic N) is 3. The van der Waals surface area contributed by atoms with Crippen LogP contribution in [0.3, 0.4) is 0 Å². The standard InChI is InChI=1S/C15H17N5O4.C10H11NO2/c1-20(2)6-5-16-13(21)8-3-4-10-9(17-8)7-11(24-10)12-14(22)19-15(23)18-12;1-11-6-7-3-4-8(13-2)5-9(7)10(11)12/h3-4,7,12H,5-6H2,1-2H3,(H,16,21)(H2,18,19,22,23);3-5H,6H2,1-2H3/t12-;/m0./s1. The maximum absolute atomic E-state index is 12.1. The Balaban J connectivity index is 0.000000207. The molecule has 5 amide bonds. The van der Waals surface area contributed by atoms with Crippen LogP contribution in [0.25, 0.3) is 11.1 Å². The lowest BCUT2D eigenvalue weighted by atomic mass is 10.1. The summed E-state index contributed by atoms with van der Waals surface area (Å²) in [7, 11) is 7.24. The lowest BCUT2D eigenvalue weighted by Gasteiger charge is -2.09. The van der Waals surface area contributed by atoms with E-state index in [1.54, 1.807) is 43.3 Å². The Morgan fingerprint density at radius 3 is 2.68 bits per heavy atom. The second-order valence-electron chi connectivity index (χ2n) is 8.87. The predicted octanol–water partition coefficient (Wildman–Crippen LogP) is 1.28. The van der Waals surface area contributed by atoms with E-state index >= 15 is 0 Å². The lowest BCUT2D eigenvalue weighted by Crippen LogP contribution is -2.31. The fraction of sp³-hybridized carbons (Fsp3) is 0.320. The summed E-state index contributed by atoms with van der Waals surface area (Å²) in [6.45, 7) is 1.94. The average molecular weight is 509 g/mol. The van der Waals surface area contributed by atoms with Gasteiger partial charge in [-0.2, -0.15) is 0 Å². The molecule has 37 heavy (non-hydrogen) atoms. The first-order valence-electron chi connectivity index (χ1n) is 11.5. The Labute approximate surface area is 212 Å². The normalized spacial score (nSPS) is 16.3. The summed E-state index contributed by atoms with van der Waals surface area (Å²) in [4.78, 5) is 54.4. The van der Waals surface area contributed by atoms with Gasteiger partial charge < -0.3 is 29.6 Å². The van der Waals surface area contributed by atoms with Gasteiger partial charge in [-0.25, -0.2) is 9.78 Å². The molecule has 0 spiro atoms. The lowest BCUT2D eigenvalue weighted by molar-refractivity contribution is -0.120. The summed E-state index contributed by atoms with van der Waals surface area (Å²) in [5.41, 5.74) is 2.98. The molecular formula is C25H28N6O6. The van der Waals surface area contributed by atoms with Crippen molar-refractivity contribution in [2.75, 3.05) is 41.3 Å². The number of nitrogens with one attached hydrogen (secondary N) is 3. The molecule has 2 aromatic heterocycles. The van der Waals surface area contributed by atoms with Crippen molar-refractivity contribution < 1.29 is 28.3 Å². The number of benzene rings is 1. The van der Waals surface area contributed by atoms with Crippen molar-refractivity contribution in [3.05, 3.63) is 59.0 Å². The minimum Gasteiger partial charge on any atom is -0.497 e. The molecule has 1 fully saturated rings. The number of aromatic nitrogens is 1. The fourth-order valence-corrected chi connectivity index (χ4v) is 3.86. The molecule has 1 saturated heterocycles. The highest BCUT2D eigenvalue weighted by Crippen LogP contribution is 2.26. The summed E-state index contributed by atoms with van der Waals surface area (Å²) in [5, 5.41) is 7.36. The second kappa shape index (κ2) is 10.7. The first kappa shape index (κ1) is 25.6. The van der Waals surface area contributed by atoms with E-state index in [1.807, 2.05) is 31.1 Å². The first-order valence-corrected chi connectivity index (χ1v) is 11.5. The molecule has 1 aromatic carbocycles.